The fraction of sp³-hybridized carbons (Fsp3) is 0.423. The Kier molecular flexibility index (Phi) is 6.48. The second-order valence-electron chi connectivity index (χ2n) is 9.09. The molecule has 2 aliphatic heterocycles. The summed E-state index contributed by atoms with van der Waals surface area (Å²) in [7, 11) is 0. The van der Waals surface area contributed by atoms with E-state index in [1.54, 1.807) is 12.1 Å². The number of amides is 1. The molecule has 0 aliphatic carbocycles. The van der Waals surface area contributed by atoms with Gasteiger partial charge in [-0.3, -0.25) is 14.8 Å². The minimum Gasteiger partial charge on any atom is -0.328 e. The molecule has 3 heterocycles. The molecule has 7 heteroatoms. The summed E-state index contributed by atoms with van der Waals surface area (Å²) < 4.78 is 13.2. The zero-order valence-corrected chi connectivity index (χ0v) is 18.8. The van der Waals surface area contributed by atoms with Crippen molar-refractivity contribution in [2.75, 3.05) is 19.6 Å². The van der Waals surface area contributed by atoms with Crippen LogP contribution in [0, 0.1) is 5.82 Å². The number of hydrogen-bond donors (Lipinski definition) is 1. The molecule has 1 aromatic heterocycles. The molecule has 2 fully saturated rings. The number of hydrogen-bond acceptors (Lipinski definition) is 4. The van der Waals surface area contributed by atoms with Crippen molar-refractivity contribution >= 4 is 5.91 Å². The number of nitrogens with one attached hydrogen (secondary N) is 1. The van der Waals surface area contributed by atoms with E-state index in [9.17, 15) is 9.18 Å². The summed E-state index contributed by atoms with van der Waals surface area (Å²) in [6.07, 6.45) is 6.10. The first-order valence-corrected chi connectivity index (χ1v) is 11.9. The van der Waals surface area contributed by atoms with E-state index in [2.05, 4.69) is 26.1 Å². The SMILES string of the molecule is O=C(c1ccccc1CN1CCCCC1)N1CCC[C@@H]1c1n[nH]c(Cc2ccc(F)cc2)n1. The van der Waals surface area contributed by atoms with E-state index in [1.807, 2.05) is 23.1 Å². The van der Waals surface area contributed by atoms with E-state index >= 15 is 0 Å². The van der Waals surface area contributed by atoms with Crippen molar-refractivity contribution in [3.05, 3.63) is 82.7 Å². The lowest BCUT2D eigenvalue weighted by atomic mass is 10.0. The largest absolute Gasteiger partial charge is 0.328 e. The molecule has 0 radical (unpaired) electrons. The molecule has 172 valence electrons. The molecule has 2 saturated heterocycles. The Morgan fingerprint density at radius 3 is 2.61 bits per heavy atom. The maximum absolute atomic E-state index is 13.6. The van der Waals surface area contributed by atoms with E-state index in [0.29, 0.717) is 18.8 Å². The van der Waals surface area contributed by atoms with Crippen molar-refractivity contribution in [3.63, 3.8) is 0 Å². The zero-order chi connectivity index (χ0) is 22.6. The summed E-state index contributed by atoms with van der Waals surface area (Å²) in [6, 6.07) is 14.3. The van der Waals surface area contributed by atoms with Gasteiger partial charge in [-0.25, -0.2) is 9.37 Å². The van der Waals surface area contributed by atoms with Gasteiger partial charge in [0.25, 0.3) is 5.91 Å². The summed E-state index contributed by atoms with van der Waals surface area (Å²) in [5, 5.41) is 7.45. The Labute approximate surface area is 193 Å². The summed E-state index contributed by atoms with van der Waals surface area (Å²) in [4.78, 5) is 22.7. The third-order valence-electron chi connectivity index (χ3n) is 6.74. The molecular formula is C26H30FN5O. The molecule has 3 aromatic rings. The fourth-order valence-electron chi connectivity index (χ4n) is 4.99. The number of carbonyl (C=O) groups is 1. The first-order valence-electron chi connectivity index (χ1n) is 11.9. The molecule has 1 amide bonds. The third kappa shape index (κ3) is 4.98. The highest BCUT2D eigenvalue weighted by Gasteiger charge is 2.34. The van der Waals surface area contributed by atoms with Gasteiger partial charge in [-0.05, 0) is 68.1 Å². The Morgan fingerprint density at radius 2 is 1.79 bits per heavy atom. The van der Waals surface area contributed by atoms with E-state index in [-0.39, 0.29) is 17.8 Å². The number of rotatable bonds is 6. The van der Waals surface area contributed by atoms with Gasteiger partial charge in [0.15, 0.2) is 5.82 Å². The second-order valence-corrected chi connectivity index (χ2v) is 9.09. The zero-order valence-electron chi connectivity index (χ0n) is 18.8. The van der Waals surface area contributed by atoms with Crippen LogP contribution in [-0.2, 0) is 13.0 Å². The highest BCUT2D eigenvalue weighted by molar-refractivity contribution is 5.96. The summed E-state index contributed by atoms with van der Waals surface area (Å²) >= 11 is 0. The predicted octanol–water partition coefficient (Wildman–Crippen LogP) is 4.50. The van der Waals surface area contributed by atoms with Gasteiger partial charge in [0.05, 0.1) is 6.04 Å². The van der Waals surface area contributed by atoms with Crippen molar-refractivity contribution < 1.29 is 9.18 Å². The molecule has 0 unspecified atom stereocenters. The molecule has 6 nitrogen and oxygen atoms in total. The van der Waals surface area contributed by atoms with E-state index in [1.165, 1.54) is 31.4 Å². The van der Waals surface area contributed by atoms with Crippen molar-refractivity contribution in [3.8, 4) is 0 Å². The molecule has 2 aliphatic rings. The smallest absolute Gasteiger partial charge is 0.254 e. The molecule has 5 rings (SSSR count). The number of H-pyrrole nitrogens is 1. The molecule has 1 atom stereocenters. The first kappa shape index (κ1) is 21.8. The van der Waals surface area contributed by atoms with Crippen LogP contribution in [0.1, 0.15) is 71.3 Å². The number of benzene rings is 2. The van der Waals surface area contributed by atoms with Gasteiger partial charge in [-0.1, -0.05) is 36.8 Å². The number of aromatic amines is 1. The van der Waals surface area contributed by atoms with Crippen molar-refractivity contribution in [1.82, 2.24) is 25.0 Å². The van der Waals surface area contributed by atoms with E-state index in [0.717, 1.165) is 55.0 Å². The maximum atomic E-state index is 13.6. The van der Waals surface area contributed by atoms with Gasteiger partial charge in [0.2, 0.25) is 0 Å². The number of likely N-dealkylation sites (tertiary alicyclic amines) is 2. The van der Waals surface area contributed by atoms with Gasteiger partial charge in [-0.2, -0.15) is 5.10 Å². The second kappa shape index (κ2) is 9.83. The number of aromatic nitrogens is 3. The van der Waals surface area contributed by atoms with Crippen LogP contribution in [0.3, 0.4) is 0 Å². The minimum atomic E-state index is -0.252. The monoisotopic (exact) mass is 447 g/mol. The lowest BCUT2D eigenvalue weighted by molar-refractivity contribution is 0.0727. The topological polar surface area (TPSA) is 65.1 Å². The first-order chi connectivity index (χ1) is 16.2. The average Bonchev–Trinajstić information content (AvgIpc) is 3.51. The van der Waals surface area contributed by atoms with Crippen molar-refractivity contribution in [2.24, 2.45) is 0 Å². The van der Waals surface area contributed by atoms with Gasteiger partial charge in [-0.15, -0.1) is 0 Å². The molecule has 0 bridgehead atoms. The van der Waals surface area contributed by atoms with Gasteiger partial charge in [0, 0.05) is 25.1 Å². The van der Waals surface area contributed by atoms with Crippen molar-refractivity contribution in [1.29, 1.82) is 0 Å². The van der Waals surface area contributed by atoms with E-state index in [4.69, 9.17) is 0 Å². The quantitative estimate of drug-likeness (QED) is 0.604. The van der Waals surface area contributed by atoms with Gasteiger partial charge >= 0.3 is 0 Å². The Hall–Kier alpha value is -3.06. The highest BCUT2D eigenvalue weighted by atomic mass is 19.1. The van der Waals surface area contributed by atoms with Gasteiger partial charge < -0.3 is 4.90 Å². The Morgan fingerprint density at radius 1 is 1.00 bits per heavy atom. The third-order valence-corrected chi connectivity index (χ3v) is 6.74. The molecule has 33 heavy (non-hydrogen) atoms. The van der Waals surface area contributed by atoms with Crippen LogP contribution in [0.25, 0.3) is 0 Å². The van der Waals surface area contributed by atoms with Crippen molar-refractivity contribution in [2.45, 2.75) is 51.1 Å². The fourth-order valence-corrected chi connectivity index (χ4v) is 4.99. The Bertz CT molecular complexity index is 1090. The highest BCUT2D eigenvalue weighted by Crippen LogP contribution is 2.32. The van der Waals surface area contributed by atoms with Crippen LogP contribution >= 0.6 is 0 Å². The predicted molar refractivity (Wildman–Crippen MR) is 124 cm³/mol. The van der Waals surface area contributed by atoms with Crippen LogP contribution < -0.4 is 0 Å². The normalized spacial score (nSPS) is 19.2. The van der Waals surface area contributed by atoms with Crippen LogP contribution in [0.15, 0.2) is 48.5 Å². The number of carbonyl (C=O) groups excluding carboxylic acids is 1. The number of piperidine rings is 1. The summed E-state index contributed by atoms with van der Waals surface area (Å²) in [5.41, 5.74) is 2.85. The molecular weight excluding hydrogens is 417 g/mol. The summed E-state index contributed by atoms with van der Waals surface area (Å²) in [5.74, 6) is 1.19. The standard InChI is InChI=1S/C26H30FN5O/c27-21-12-10-19(11-13-21)17-24-28-25(30-29-24)23-9-6-16-32(23)26(33)22-8-3-2-7-20(22)18-31-14-4-1-5-15-31/h2-3,7-8,10-13,23H,1,4-6,9,14-18H2,(H,28,29,30)/t23-/m1/s1. The van der Waals surface area contributed by atoms with Gasteiger partial charge in [0.1, 0.15) is 11.6 Å². The summed E-state index contributed by atoms with van der Waals surface area (Å²) in [6.45, 7) is 3.73. The lowest BCUT2D eigenvalue weighted by Gasteiger charge is -2.28. The van der Waals surface area contributed by atoms with Crippen LogP contribution in [0.4, 0.5) is 4.39 Å². The number of nitrogens with zero attached hydrogens (tertiary/aromatic N) is 4. The number of halogens is 1. The Balaban J connectivity index is 1.31. The van der Waals surface area contributed by atoms with Crippen LogP contribution in [0.2, 0.25) is 0 Å². The molecule has 0 spiro atoms. The molecule has 1 N–H and O–H groups in total. The van der Waals surface area contributed by atoms with E-state index < -0.39 is 0 Å². The van der Waals surface area contributed by atoms with Crippen LogP contribution in [0.5, 0.6) is 0 Å². The minimum absolute atomic E-state index is 0.0648. The van der Waals surface area contributed by atoms with Crippen LogP contribution in [-0.4, -0.2) is 50.5 Å². The maximum Gasteiger partial charge on any atom is 0.254 e. The average molecular weight is 448 g/mol. The molecule has 2 aromatic carbocycles. The lowest BCUT2D eigenvalue weighted by Crippen LogP contribution is -2.33. The molecule has 0 saturated carbocycles.